The van der Waals surface area contributed by atoms with E-state index in [-0.39, 0.29) is 23.8 Å². The van der Waals surface area contributed by atoms with Gasteiger partial charge in [-0.3, -0.25) is 9.59 Å². The Kier molecular flexibility index (Phi) is 6.33. The van der Waals surface area contributed by atoms with Crippen LogP contribution in [-0.2, 0) is 16.1 Å². The van der Waals surface area contributed by atoms with E-state index in [9.17, 15) is 14.4 Å². The highest BCUT2D eigenvalue weighted by atomic mass is 16.6. The second-order valence-corrected chi connectivity index (χ2v) is 6.51. The molecule has 1 heterocycles. The summed E-state index contributed by atoms with van der Waals surface area (Å²) < 4.78 is 16.2. The first kappa shape index (κ1) is 20.2. The average Bonchev–Trinajstić information content (AvgIpc) is 2.71. The zero-order valence-corrected chi connectivity index (χ0v) is 16.2. The molecule has 8 nitrogen and oxygen atoms in total. The number of hydrogen-bond donors (Lipinski definition) is 2. The molecular formula is C21H22N2O6. The molecule has 0 aliphatic carbocycles. The third kappa shape index (κ3) is 5.25. The highest BCUT2D eigenvalue weighted by Crippen LogP contribution is 2.36. The molecule has 1 aliphatic heterocycles. The molecule has 1 aliphatic rings. The number of hydrogen-bond acceptors (Lipinski definition) is 6. The normalized spacial score (nSPS) is 13.2. The van der Waals surface area contributed by atoms with Gasteiger partial charge in [-0.1, -0.05) is 30.3 Å². The van der Waals surface area contributed by atoms with Crippen LogP contribution in [0.25, 0.3) is 0 Å². The van der Waals surface area contributed by atoms with Gasteiger partial charge in [-0.05, 0) is 18.6 Å². The van der Waals surface area contributed by atoms with E-state index in [4.69, 9.17) is 14.2 Å². The molecular weight excluding hydrogens is 376 g/mol. The lowest BCUT2D eigenvalue weighted by atomic mass is 10.0. The van der Waals surface area contributed by atoms with E-state index in [1.165, 1.54) is 13.0 Å². The summed E-state index contributed by atoms with van der Waals surface area (Å²) in [5.41, 5.74) is 1.33. The van der Waals surface area contributed by atoms with Crippen LogP contribution in [0.2, 0.25) is 0 Å². The van der Waals surface area contributed by atoms with E-state index in [1.807, 2.05) is 30.3 Å². The van der Waals surface area contributed by atoms with Crippen LogP contribution in [0.15, 0.2) is 42.5 Å². The molecule has 0 unspecified atom stereocenters. The Morgan fingerprint density at radius 3 is 2.38 bits per heavy atom. The van der Waals surface area contributed by atoms with Gasteiger partial charge in [0, 0.05) is 18.6 Å². The molecule has 152 valence electrons. The van der Waals surface area contributed by atoms with Gasteiger partial charge in [0.05, 0.1) is 11.7 Å². The molecule has 0 fully saturated rings. The van der Waals surface area contributed by atoms with E-state index >= 15 is 0 Å². The van der Waals surface area contributed by atoms with Crippen LogP contribution >= 0.6 is 0 Å². The van der Waals surface area contributed by atoms with Crippen molar-refractivity contribution in [3.8, 4) is 11.5 Å². The number of carbonyl (C=O) groups is 3. The van der Waals surface area contributed by atoms with Crippen molar-refractivity contribution >= 4 is 23.5 Å². The van der Waals surface area contributed by atoms with Gasteiger partial charge >= 0.3 is 6.09 Å². The third-order valence-electron chi connectivity index (χ3n) is 4.20. The zero-order chi connectivity index (χ0) is 20.8. The lowest BCUT2D eigenvalue weighted by Gasteiger charge is -2.22. The van der Waals surface area contributed by atoms with Gasteiger partial charge in [-0.15, -0.1) is 0 Å². The molecule has 8 heteroatoms. The molecule has 0 saturated carbocycles. The van der Waals surface area contributed by atoms with Crippen molar-refractivity contribution in [2.75, 3.05) is 18.5 Å². The number of ether oxygens (including phenoxy) is 3. The van der Waals surface area contributed by atoms with Crippen LogP contribution < -0.4 is 20.1 Å². The maximum atomic E-state index is 12.9. The molecule has 0 spiro atoms. The van der Waals surface area contributed by atoms with Crippen molar-refractivity contribution in [2.45, 2.75) is 26.5 Å². The number of rotatable bonds is 6. The Balaban J connectivity index is 1.70. The number of nitrogens with one attached hydrogen (secondary N) is 2. The number of anilines is 1. The molecule has 2 amide bonds. The monoisotopic (exact) mass is 398 g/mol. The average molecular weight is 398 g/mol. The maximum Gasteiger partial charge on any atom is 0.408 e. The van der Waals surface area contributed by atoms with Crippen molar-refractivity contribution in [1.29, 1.82) is 0 Å². The quantitative estimate of drug-likeness (QED) is 0.726. The fourth-order valence-electron chi connectivity index (χ4n) is 2.83. The maximum absolute atomic E-state index is 12.9. The van der Waals surface area contributed by atoms with Crippen molar-refractivity contribution < 1.29 is 28.6 Å². The minimum atomic E-state index is -0.881. The van der Waals surface area contributed by atoms with E-state index in [0.29, 0.717) is 24.7 Å². The molecule has 0 saturated heterocycles. The van der Waals surface area contributed by atoms with Crippen LogP contribution in [0.1, 0.15) is 29.8 Å². The molecule has 0 radical (unpaired) electrons. The lowest BCUT2D eigenvalue weighted by Crippen LogP contribution is -2.39. The fraction of sp³-hybridized carbons (Fsp3) is 0.286. The van der Waals surface area contributed by atoms with Gasteiger partial charge in [0.25, 0.3) is 0 Å². The Labute approximate surface area is 168 Å². The summed E-state index contributed by atoms with van der Waals surface area (Å²) in [6.45, 7) is 3.72. The second kappa shape index (κ2) is 9.09. The second-order valence-electron chi connectivity index (χ2n) is 6.51. The van der Waals surface area contributed by atoms with Gasteiger partial charge < -0.3 is 24.8 Å². The van der Waals surface area contributed by atoms with Crippen molar-refractivity contribution in [1.82, 2.24) is 5.32 Å². The molecule has 29 heavy (non-hydrogen) atoms. The molecule has 0 bridgehead atoms. The molecule has 2 N–H and O–H groups in total. The summed E-state index contributed by atoms with van der Waals surface area (Å²) in [7, 11) is 0. The van der Waals surface area contributed by atoms with E-state index in [2.05, 4.69) is 10.6 Å². The number of amides is 2. The summed E-state index contributed by atoms with van der Waals surface area (Å²) in [5.74, 6) is 0.119. The van der Waals surface area contributed by atoms with Crippen LogP contribution in [-0.4, -0.2) is 37.0 Å². The molecule has 0 aromatic heterocycles. The Bertz CT molecular complexity index is 913. The Morgan fingerprint density at radius 2 is 1.72 bits per heavy atom. The van der Waals surface area contributed by atoms with Gasteiger partial charge in [0.1, 0.15) is 19.8 Å². The lowest BCUT2D eigenvalue weighted by molar-refractivity contribution is -0.114. The van der Waals surface area contributed by atoms with Gasteiger partial charge in [-0.2, -0.15) is 0 Å². The van der Waals surface area contributed by atoms with Gasteiger partial charge in [0.15, 0.2) is 17.3 Å². The third-order valence-corrected chi connectivity index (χ3v) is 4.20. The number of carbonyl (C=O) groups excluding carboxylic acids is 3. The molecule has 1 atom stereocenters. The first-order chi connectivity index (χ1) is 13.9. The summed E-state index contributed by atoms with van der Waals surface area (Å²) in [6.07, 6.45) is -0.715. The first-order valence-electron chi connectivity index (χ1n) is 9.16. The smallest absolute Gasteiger partial charge is 0.408 e. The molecule has 3 rings (SSSR count). The van der Waals surface area contributed by atoms with Crippen LogP contribution in [0.4, 0.5) is 10.5 Å². The number of fused-ring (bicyclic) bond motifs is 1. The minimum absolute atomic E-state index is 0.0920. The number of benzene rings is 2. The Morgan fingerprint density at radius 1 is 1.07 bits per heavy atom. The Hall–Kier alpha value is -3.55. The highest BCUT2D eigenvalue weighted by molar-refractivity contribution is 6.08. The predicted molar refractivity (Wildman–Crippen MR) is 105 cm³/mol. The van der Waals surface area contributed by atoms with Crippen molar-refractivity contribution in [2.24, 2.45) is 0 Å². The van der Waals surface area contributed by atoms with Gasteiger partial charge in [0.2, 0.25) is 5.91 Å². The number of alkyl carbamates (subject to hydrolysis) is 1. The van der Waals surface area contributed by atoms with Crippen molar-refractivity contribution in [3.63, 3.8) is 0 Å². The topological polar surface area (TPSA) is 103 Å². The fourth-order valence-corrected chi connectivity index (χ4v) is 2.83. The number of ketones is 1. The summed E-state index contributed by atoms with van der Waals surface area (Å²) >= 11 is 0. The zero-order valence-electron chi connectivity index (χ0n) is 16.2. The largest absolute Gasteiger partial charge is 0.486 e. The van der Waals surface area contributed by atoms with Crippen LogP contribution in [0.5, 0.6) is 11.5 Å². The summed E-state index contributed by atoms with van der Waals surface area (Å²) in [4.78, 5) is 36.5. The molecule has 2 aromatic rings. The SMILES string of the molecule is CC(=O)Nc1cc2c(cc1C(=O)[C@H](C)NC(=O)OCc1ccccc1)OCCO2. The van der Waals surface area contributed by atoms with Crippen LogP contribution in [0.3, 0.4) is 0 Å². The summed E-state index contributed by atoms with van der Waals surface area (Å²) in [6, 6.07) is 11.4. The van der Waals surface area contributed by atoms with E-state index in [0.717, 1.165) is 5.56 Å². The molecule has 2 aromatic carbocycles. The number of Topliss-reactive ketones (excluding diaryl/α,β-unsaturated/α-hetero) is 1. The predicted octanol–water partition coefficient (Wildman–Crippen LogP) is 2.91. The minimum Gasteiger partial charge on any atom is -0.486 e. The van der Waals surface area contributed by atoms with Crippen molar-refractivity contribution in [3.05, 3.63) is 53.6 Å². The van der Waals surface area contributed by atoms with E-state index < -0.39 is 17.9 Å². The standard InChI is InChI=1S/C21H22N2O6/c1-13(22-21(26)29-12-15-6-4-3-5-7-15)20(25)16-10-18-19(28-9-8-27-18)11-17(16)23-14(2)24/h3-7,10-11,13H,8-9,12H2,1-2H3,(H,22,26)(H,23,24)/t13-/m0/s1. The highest BCUT2D eigenvalue weighted by Gasteiger charge is 2.25. The first-order valence-corrected chi connectivity index (χ1v) is 9.16. The van der Waals surface area contributed by atoms with Crippen LogP contribution in [0, 0.1) is 0 Å². The summed E-state index contributed by atoms with van der Waals surface area (Å²) in [5, 5.41) is 5.13. The van der Waals surface area contributed by atoms with E-state index in [1.54, 1.807) is 13.0 Å². The van der Waals surface area contributed by atoms with Gasteiger partial charge in [-0.25, -0.2) is 4.79 Å².